The normalized spacial score (nSPS) is 18.3. The molecule has 1 fully saturated rings. The zero-order valence-electron chi connectivity index (χ0n) is 19.8. The van der Waals surface area contributed by atoms with Gasteiger partial charge in [0.25, 0.3) is 5.69 Å². The minimum absolute atomic E-state index is 0.221. The Bertz CT molecular complexity index is 1130. The van der Waals surface area contributed by atoms with E-state index in [0.717, 1.165) is 65.6 Å². The van der Waals surface area contributed by atoms with Crippen molar-refractivity contribution in [3.05, 3.63) is 63.2 Å². The van der Waals surface area contributed by atoms with Crippen LogP contribution in [0.25, 0.3) is 10.9 Å². The summed E-state index contributed by atoms with van der Waals surface area (Å²) < 4.78 is 0. The van der Waals surface area contributed by atoms with E-state index in [1.165, 1.54) is 0 Å². The molecule has 8 nitrogen and oxygen atoms in total. The minimum atomic E-state index is -0.295. The lowest BCUT2D eigenvalue weighted by Gasteiger charge is -2.30. The Balaban J connectivity index is 1.34. The zero-order chi connectivity index (χ0) is 23.5. The molecule has 1 aliphatic carbocycles. The first kappa shape index (κ1) is 22.9. The van der Waals surface area contributed by atoms with Gasteiger partial charge in [0.2, 0.25) is 5.95 Å². The van der Waals surface area contributed by atoms with Crippen molar-refractivity contribution < 1.29 is 4.92 Å². The van der Waals surface area contributed by atoms with Gasteiger partial charge in [-0.2, -0.15) is 4.98 Å². The molecule has 1 aliphatic rings. The Morgan fingerprint density at radius 2 is 1.67 bits per heavy atom. The van der Waals surface area contributed by atoms with E-state index in [1.54, 1.807) is 0 Å². The lowest BCUT2D eigenvalue weighted by molar-refractivity contribution is -0.386. The first-order chi connectivity index (χ1) is 15.8. The predicted octanol–water partition coefficient (Wildman–Crippen LogP) is 4.73. The van der Waals surface area contributed by atoms with E-state index in [2.05, 4.69) is 16.7 Å². The number of fused-ring (bicyclic) bond motifs is 1. The van der Waals surface area contributed by atoms with Crippen LogP contribution >= 0.6 is 0 Å². The second kappa shape index (κ2) is 9.70. The summed E-state index contributed by atoms with van der Waals surface area (Å²) in [5.74, 6) is 1.61. The molecule has 0 unspecified atom stereocenters. The van der Waals surface area contributed by atoms with E-state index in [-0.39, 0.29) is 10.6 Å². The third kappa shape index (κ3) is 5.22. The van der Waals surface area contributed by atoms with Gasteiger partial charge in [0.1, 0.15) is 5.82 Å². The summed E-state index contributed by atoms with van der Waals surface area (Å²) in [7, 11) is 4.01. The molecule has 1 heterocycles. The number of nitrogens with one attached hydrogen (secondary N) is 2. The quantitative estimate of drug-likeness (QED) is 0.398. The van der Waals surface area contributed by atoms with Crippen molar-refractivity contribution in [1.29, 1.82) is 0 Å². The highest BCUT2D eigenvalue weighted by Crippen LogP contribution is 2.27. The number of aryl methyl sites for hydroxylation is 2. The van der Waals surface area contributed by atoms with Gasteiger partial charge in [-0.1, -0.05) is 12.1 Å². The molecule has 1 saturated carbocycles. The Hall–Kier alpha value is -3.26. The molecule has 0 bridgehead atoms. The molecule has 0 spiro atoms. The van der Waals surface area contributed by atoms with E-state index in [1.807, 2.05) is 63.2 Å². The van der Waals surface area contributed by atoms with Gasteiger partial charge >= 0.3 is 0 Å². The molecule has 33 heavy (non-hydrogen) atoms. The molecule has 0 atom stereocenters. The molecule has 2 aromatic carbocycles. The van der Waals surface area contributed by atoms with Crippen LogP contribution in [0.4, 0.5) is 17.5 Å². The minimum Gasteiger partial charge on any atom is -0.362 e. The van der Waals surface area contributed by atoms with Crippen LogP contribution in [0.1, 0.15) is 42.4 Å². The van der Waals surface area contributed by atoms with E-state index in [4.69, 9.17) is 9.97 Å². The summed E-state index contributed by atoms with van der Waals surface area (Å²) in [6.07, 6.45) is 4.22. The van der Waals surface area contributed by atoms with Crippen molar-refractivity contribution in [2.75, 3.05) is 24.3 Å². The fourth-order valence-electron chi connectivity index (χ4n) is 4.79. The Labute approximate surface area is 194 Å². The van der Waals surface area contributed by atoms with Crippen LogP contribution in [0.5, 0.6) is 0 Å². The molecule has 0 aliphatic heterocycles. The predicted molar refractivity (Wildman–Crippen MR) is 133 cm³/mol. The van der Waals surface area contributed by atoms with Gasteiger partial charge in [0, 0.05) is 49.2 Å². The molecule has 8 heteroatoms. The third-order valence-electron chi connectivity index (χ3n) is 6.40. The van der Waals surface area contributed by atoms with Gasteiger partial charge in [-0.25, -0.2) is 4.98 Å². The van der Waals surface area contributed by atoms with E-state index < -0.39 is 0 Å². The van der Waals surface area contributed by atoms with E-state index >= 15 is 0 Å². The molecule has 0 amide bonds. The van der Waals surface area contributed by atoms with Crippen molar-refractivity contribution in [2.45, 2.75) is 58.2 Å². The van der Waals surface area contributed by atoms with Crippen LogP contribution in [0.15, 0.2) is 36.4 Å². The number of hydrogen-bond donors (Lipinski definition) is 2. The summed E-state index contributed by atoms with van der Waals surface area (Å²) in [6, 6.07) is 12.7. The fraction of sp³-hybridized carbons (Fsp3) is 0.440. The van der Waals surface area contributed by atoms with Crippen molar-refractivity contribution >= 4 is 28.4 Å². The number of benzene rings is 2. The number of hydrogen-bond acceptors (Lipinski definition) is 7. The molecular formula is C25H32N6O2. The number of nitrogens with zero attached hydrogens (tertiary/aromatic N) is 4. The Morgan fingerprint density at radius 3 is 2.30 bits per heavy atom. The summed E-state index contributed by atoms with van der Waals surface area (Å²) >= 11 is 0. The van der Waals surface area contributed by atoms with E-state index in [9.17, 15) is 10.1 Å². The largest absolute Gasteiger partial charge is 0.362 e. The lowest BCUT2D eigenvalue weighted by Crippen LogP contribution is -2.37. The molecule has 0 radical (unpaired) electrons. The van der Waals surface area contributed by atoms with Gasteiger partial charge < -0.3 is 15.5 Å². The average molecular weight is 449 g/mol. The summed E-state index contributed by atoms with van der Waals surface area (Å²) in [5.41, 5.74) is 3.70. The lowest BCUT2D eigenvalue weighted by atomic mass is 9.91. The molecule has 0 saturated heterocycles. The number of para-hydroxylation sites is 1. The second-order valence-electron chi connectivity index (χ2n) is 9.19. The van der Waals surface area contributed by atoms with Crippen molar-refractivity contribution in [2.24, 2.45) is 0 Å². The topological polar surface area (TPSA) is 96.2 Å². The van der Waals surface area contributed by atoms with Crippen molar-refractivity contribution in [1.82, 2.24) is 15.3 Å². The molecule has 2 N–H and O–H groups in total. The smallest absolute Gasteiger partial charge is 0.275 e. The SMILES string of the molecule is Cc1cc(CNC2CCC(Nc3nc(N(C)C)c4ccccc4n3)CC2)cc(C)c1[N+](=O)[O-]. The van der Waals surface area contributed by atoms with Crippen LogP contribution in [0.3, 0.4) is 0 Å². The van der Waals surface area contributed by atoms with Crippen LogP contribution in [0.2, 0.25) is 0 Å². The Kier molecular flexibility index (Phi) is 6.74. The number of aromatic nitrogens is 2. The fourth-order valence-corrected chi connectivity index (χ4v) is 4.79. The highest BCUT2D eigenvalue weighted by atomic mass is 16.6. The Morgan fingerprint density at radius 1 is 1.03 bits per heavy atom. The first-order valence-electron chi connectivity index (χ1n) is 11.5. The maximum atomic E-state index is 11.2. The number of nitro groups is 1. The standard InChI is InChI=1S/C25H32N6O2/c1-16-13-18(14-17(2)23(16)31(32)33)15-26-19-9-11-20(12-10-19)27-25-28-22-8-6-5-7-21(22)24(29-25)30(3)4/h5-8,13-14,19-20,26H,9-12,15H2,1-4H3,(H,27,28,29). The van der Waals surface area contributed by atoms with Crippen LogP contribution in [0, 0.1) is 24.0 Å². The highest BCUT2D eigenvalue weighted by molar-refractivity contribution is 5.90. The number of rotatable bonds is 7. The maximum absolute atomic E-state index is 11.2. The van der Waals surface area contributed by atoms with Gasteiger partial charge in [-0.05, 0) is 69.4 Å². The van der Waals surface area contributed by atoms with Gasteiger partial charge in [-0.3, -0.25) is 10.1 Å². The molecule has 4 rings (SSSR count). The summed E-state index contributed by atoms with van der Waals surface area (Å²) in [5, 5.41) is 19.5. The summed E-state index contributed by atoms with van der Waals surface area (Å²) in [4.78, 5) is 22.4. The van der Waals surface area contributed by atoms with Crippen LogP contribution in [-0.2, 0) is 6.54 Å². The van der Waals surface area contributed by atoms with E-state index in [0.29, 0.717) is 18.0 Å². The van der Waals surface area contributed by atoms with Gasteiger partial charge in [0.05, 0.1) is 10.4 Å². The van der Waals surface area contributed by atoms with Gasteiger partial charge in [0.15, 0.2) is 0 Å². The number of nitro benzene ring substituents is 1. The zero-order valence-corrected chi connectivity index (χ0v) is 19.8. The average Bonchev–Trinajstić information content (AvgIpc) is 2.77. The first-order valence-corrected chi connectivity index (χ1v) is 11.5. The highest BCUT2D eigenvalue weighted by Gasteiger charge is 2.22. The van der Waals surface area contributed by atoms with Crippen molar-refractivity contribution in [3.8, 4) is 0 Å². The molecule has 174 valence electrons. The summed E-state index contributed by atoms with van der Waals surface area (Å²) in [6.45, 7) is 4.34. The van der Waals surface area contributed by atoms with Crippen LogP contribution < -0.4 is 15.5 Å². The van der Waals surface area contributed by atoms with Crippen molar-refractivity contribution in [3.63, 3.8) is 0 Å². The second-order valence-corrected chi connectivity index (χ2v) is 9.19. The maximum Gasteiger partial charge on any atom is 0.275 e. The van der Waals surface area contributed by atoms with Crippen LogP contribution in [-0.4, -0.2) is 41.1 Å². The third-order valence-corrected chi connectivity index (χ3v) is 6.40. The molecule has 1 aromatic heterocycles. The monoisotopic (exact) mass is 448 g/mol. The van der Waals surface area contributed by atoms with Gasteiger partial charge in [-0.15, -0.1) is 0 Å². The number of anilines is 2. The molecule has 3 aromatic rings. The molecular weight excluding hydrogens is 416 g/mol.